The van der Waals surface area contributed by atoms with E-state index in [4.69, 9.17) is 5.73 Å². The average molecular weight is 296 g/mol. The van der Waals surface area contributed by atoms with Gasteiger partial charge < -0.3 is 5.73 Å². The maximum Gasteiger partial charge on any atom is 0.288 e. The van der Waals surface area contributed by atoms with Gasteiger partial charge in [0.1, 0.15) is 5.82 Å². The summed E-state index contributed by atoms with van der Waals surface area (Å²) in [5.74, 6) is -0.716. The van der Waals surface area contributed by atoms with Crippen molar-refractivity contribution in [1.82, 2.24) is 14.8 Å². The van der Waals surface area contributed by atoms with Crippen LogP contribution in [0.1, 0.15) is 16.2 Å². The first-order valence-electron chi connectivity index (χ1n) is 6.64. The number of nitrogens with zero attached hydrogens (tertiary/aromatic N) is 3. The van der Waals surface area contributed by atoms with Crippen LogP contribution in [0.2, 0.25) is 0 Å². The normalized spacial score (nSPS) is 10.6. The number of benzene rings is 2. The van der Waals surface area contributed by atoms with Gasteiger partial charge in [-0.3, -0.25) is 4.79 Å². The third-order valence-corrected chi connectivity index (χ3v) is 3.21. The van der Waals surface area contributed by atoms with E-state index in [1.807, 2.05) is 31.2 Å². The molecule has 0 fully saturated rings. The summed E-state index contributed by atoms with van der Waals surface area (Å²) in [6.45, 7) is 1.97. The van der Waals surface area contributed by atoms with Crippen molar-refractivity contribution in [2.45, 2.75) is 6.92 Å². The van der Waals surface area contributed by atoms with Crippen molar-refractivity contribution in [3.63, 3.8) is 0 Å². The molecule has 110 valence electrons. The highest BCUT2D eigenvalue weighted by atomic mass is 19.1. The number of primary amides is 1. The molecule has 0 aliphatic rings. The van der Waals surface area contributed by atoms with Crippen molar-refractivity contribution >= 4 is 5.91 Å². The third-order valence-electron chi connectivity index (χ3n) is 3.21. The van der Waals surface area contributed by atoms with Gasteiger partial charge in [-0.05, 0) is 43.3 Å². The largest absolute Gasteiger partial charge is 0.363 e. The van der Waals surface area contributed by atoms with Crippen LogP contribution in [0.15, 0.2) is 48.5 Å². The van der Waals surface area contributed by atoms with Crippen LogP contribution in [0.5, 0.6) is 0 Å². The predicted molar refractivity (Wildman–Crippen MR) is 80.0 cm³/mol. The first-order chi connectivity index (χ1) is 10.5. The molecule has 2 aromatic carbocycles. The molecule has 0 spiro atoms. The lowest BCUT2D eigenvalue weighted by atomic mass is 10.2. The van der Waals surface area contributed by atoms with Crippen molar-refractivity contribution in [2.75, 3.05) is 0 Å². The zero-order valence-electron chi connectivity index (χ0n) is 11.8. The van der Waals surface area contributed by atoms with Gasteiger partial charge in [0.05, 0.1) is 5.69 Å². The van der Waals surface area contributed by atoms with Gasteiger partial charge in [-0.25, -0.2) is 14.1 Å². The van der Waals surface area contributed by atoms with E-state index in [9.17, 15) is 9.18 Å². The molecule has 3 aromatic rings. The van der Waals surface area contributed by atoms with E-state index in [0.717, 1.165) is 11.3 Å². The molecule has 0 atom stereocenters. The Labute approximate surface area is 126 Å². The van der Waals surface area contributed by atoms with Gasteiger partial charge >= 0.3 is 0 Å². The summed E-state index contributed by atoms with van der Waals surface area (Å²) in [6, 6.07) is 13.4. The van der Waals surface area contributed by atoms with E-state index in [0.29, 0.717) is 11.4 Å². The zero-order chi connectivity index (χ0) is 15.7. The van der Waals surface area contributed by atoms with Gasteiger partial charge in [0.25, 0.3) is 5.91 Å². The van der Waals surface area contributed by atoms with Gasteiger partial charge in [0.2, 0.25) is 5.82 Å². The molecule has 3 rings (SSSR count). The maximum absolute atomic E-state index is 13.1. The van der Waals surface area contributed by atoms with Crippen LogP contribution in [-0.4, -0.2) is 20.7 Å². The molecule has 0 saturated carbocycles. The van der Waals surface area contributed by atoms with Crippen LogP contribution in [-0.2, 0) is 0 Å². The third kappa shape index (κ3) is 2.58. The molecule has 22 heavy (non-hydrogen) atoms. The summed E-state index contributed by atoms with van der Waals surface area (Å²) in [4.78, 5) is 15.5. The van der Waals surface area contributed by atoms with Gasteiger partial charge in [0.15, 0.2) is 5.82 Å². The summed E-state index contributed by atoms with van der Waals surface area (Å²) in [7, 11) is 0. The Kier molecular flexibility index (Phi) is 3.42. The number of carbonyl (C=O) groups excluding carboxylic acids is 1. The monoisotopic (exact) mass is 296 g/mol. The topological polar surface area (TPSA) is 73.8 Å². The summed E-state index contributed by atoms with van der Waals surface area (Å²) >= 11 is 0. The second kappa shape index (κ2) is 5.40. The number of nitrogens with two attached hydrogens (primary N) is 1. The van der Waals surface area contributed by atoms with Crippen LogP contribution in [0.3, 0.4) is 0 Å². The highest BCUT2D eigenvalue weighted by Crippen LogP contribution is 2.21. The Bertz CT molecular complexity index is 759. The van der Waals surface area contributed by atoms with Crippen molar-refractivity contribution < 1.29 is 9.18 Å². The van der Waals surface area contributed by atoms with Crippen molar-refractivity contribution in [2.24, 2.45) is 5.73 Å². The molecule has 0 aliphatic heterocycles. The lowest BCUT2D eigenvalue weighted by molar-refractivity contribution is 0.0990. The smallest absolute Gasteiger partial charge is 0.288 e. The molecule has 0 bridgehead atoms. The molecule has 0 radical (unpaired) electrons. The van der Waals surface area contributed by atoms with Gasteiger partial charge in [-0.15, -0.1) is 5.10 Å². The molecule has 5 nitrogen and oxygen atoms in total. The Hall–Kier alpha value is -3.02. The lowest BCUT2D eigenvalue weighted by Gasteiger charge is -2.06. The molecular formula is C16H13FN4O. The zero-order valence-corrected chi connectivity index (χ0v) is 11.8. The SMILES string of the molecule is Cc1ccc(-n2nc(C(N)=O)nc2-c2ccc(F)cc2)cc1. The predicted octanol–water partition coefficient (Wildman–Crippen LogP) is 2.48. The highest BCUT2D eigenvalue weighted by molar-refractivity contribution is 5.89. The Balaban J connectivity index is 2.17. The van der Waals surface area contributed by atoms with E-state index in [-0.39, 0.29) is 11.6 Å². The number of carbonyl (C=O) groups is 1. The standard InChI is InChI=1S/C16H13FN4O/c1-10-2-8-13(9-3-10)21-16(19-15(20-21)14(18)22)11-4-6-12(17)7-5-11/h2-9H,1H3,(H2,18,22). The number of hydrogen-bond donors (Lipinski definition) is 1. The van der Waals surface area contributed by atoms with E-state index >= 15 is 0 Å². The maximum atomic E-state index is 13.1. The number of aryl methyl sites for hydroxylation is 1. The molecule has 2 N–H and O–H groups in total. The van der Waals surface area contributed by atoms with Gasteiger partial charge in [-0.1, -0.05) is 17.7 Å². The highest BCUT2D eigenvalue weighted by Gasteiger charge is 2.16. The minimum atomic E-state index is -0.714. The average Bonchev–Trinajstić information content (AvgIpc) is 2.94. The van der Waals surface area contributed by atoms with Crippen LogP contribution >= 0.6 is 0 Å². The molecule has 0 unspecified atom stereocenters. The fourth-order valence-electron chi connectivity index (χ4n) is 2.07. The van der Waals surface area contributed by atoms with Crippen LogP contribution in [0.25, 0.3) is 17.1 Å². The van der Waals surface area contributed by atoms with Gasteiger partial charge in [0, 0.05) is 5.56 Å². The lowest BCUT2D eigenvalue weighted by Crippen LogP contribution is -2.13. The first kappa shape index (κ1) is 13.9. The summed E-state index contributed by atoms with van der Waals surface area (Å²) < 4.78 is 14.6. The van der Waals surface area contributed by atoms with Crippen LogP contribution in [0.4, 0.5) is 4.39 Å². The Morgan fingerprint density at radius 2 is 1.73 bits per heavy atom. The summed E-state index contributed by atoms with van der Waals surface area (Å²) in [5.41, 5.74) is 7.74. The number of hydrogen-bond acceptors (Lipinski definition) is 3. The first-order valence-corrected chi connectivity index (χ1v) is 6.64. The molecule has 0 aliphatic carbocycles. The van der Waals surface area contributed by atoms with E-state index < -0.39 is 5.91 Å². The van der Waals surface area contributed by atoms with Crippen molar-refractivity contribution in [3.8, 4) is 17.1 Å². The summed E-state index contributed by atoms with van der Waals surface area (Å²) in [5, 5.41) is 4.15. The van der Waals surface area contributed by atoms with Crippen LogP contribution in [0, 0.1) is 12.7 Å². The molecule has 1 heterocycles. The molecule has 1 amide bonds. The molecule has 6 heteroatoms. The van der Waals surface area contributed by atoms with Gasteiger partial charge in [-0.2, -0.15) is 0 Å². The number of amides is 1. The van der Waals surface area contributed by atoms with E-state index in [1.54, 1.807) is 12.1 Å². The molecule has 0 saturated heterocycles. The molecule has 1 aromatic heterocycles. The minimum Gasteiger partial charge on any atom is -0.363 e. The fourth-order valence-corrected chi connectivity index (χ4v) is 2.07. The van der Waals surface area contributed by atoms with E-state index in [2.05, 4.69) is 10.1 Å². The van der Waals surface area contributed by atoms with Crippen molar-refractivity contribution in [3.05, 3.63) is 65.7 Å². The quantitative estimate of drug-likeness (QED) is 0.807. The minimum absolute atomic E-state index is 0.0834. The number of rotatable bonds is 3. The van der Waals surface area contributed by atoms with E-state index in [1.165, 1.54) is 16.8 Å². The number of halogens is 1. The molecular weight excluding hydrogens is 283 g/mol. The number of aromatic nitrogens is 3. The fraction of sp³-hybridized carbons (Fsp3) is 0.0625. The van der Waals surface area contributed by atoms with Crippen LogP contribution < -0.4 is 5.73 Å². The Morgan fingerprint density at radius 1 is 1.09 bits per heavy atom. The summed E-state index contributed by atoms with van der Waals surface area (Å²) in [6.07, 6.45) is 0. The Morgan fingerprint density at radius 3 is 2.32 bits per heavy atom. The van der Waals surface area contributed by atoms with Crippen molar-refractivity contribution in [1.29, 1.82) is 0 Å². The second-order valence-corrected chi connectivity index (χ2v) is 4.88. The second-order valence-electron chi connectivity index (χ2n) is 4.88.